The summed E-state index contributed by atoms with van der Waals surface area (Å²) in [6, 6.07) is 7.12. The van der Waals surface area contributed by atoms with Gasteiger partial charge in [-0.25, -0.2) is 9.78 Å². The molecule has 0 atom stereocenters. The molecule has 3 heterocycles. The van der Waals surface area contributed by atoms with Crippen molar-refractivity contribution in [1.82, 2.24) is 4.98 Å². The number of nitrogens with zero attached hydrogens (tertiary/aromatic N) is 1. The van der Waals surface area contributed by atoms with E-state index in [0.717, 1.165) is 16.2 Å². The molecule has 3 rings (SSSR count). The number of carbonyl (C=O) groups is 2. The topological polar surface area (TPSA) is 81.4 Å². The Morgan fingerprint density at radius 3 is 2.88 bits per heavy atom. The maximum atomic E-state index is 12.1. The van der Waals surface area contributed by atoms with Gasteiger partial charge in [0.15, 0.2) is 0 Å². The van der Waals surface area contributed by atoms with Crippen molar-refractivity contribution in [3.05, 3.63) is 46.0 Å². The molecule has 0 saturated carbocycles. The van der Waals surface area contributed by atoms with Crippen LogP contribution in [0.4, 0.5) is 5.00 Å². The number of thiophene rings is 2. The minimum atomic E-state index is -0.461. The Morgan fingerprint density at radius 2 is 2.17 bits per heavy atom. The second-order valence-electron chi connectivity index (χ2n) is 4.92. The average molecular weight is 362 g/mol. The highest BCUT2D eigenvalue weighted by Crippen LogP contribution is 2.27. The van der Waals surface area contributed by atoms with Crippen molar-refractivity contribution in [2.24, 2.45) is 0 Å². The first-order valence-electron chi connectivity index (χ1n) is 7.07. The van der Waals surface area contributed by atoms with E-state index in [4.69, 9.17) is 9.15 Å². The first kappa shape index (κ1) is 16.4. The van der Waals surface area contributed by atoms with E-state index in [1.54, 1.807) is 19.1 Å². The quantitative estimate of drug-likeness (QED) is 0.691. The number of rotatable bonds is 5. The SMILES string of the molecule is CC(=O)Nc1ccc(C(=O)OCc2nc(-c3cccs3)oc2C)s1. The van der Waals surface area contributed by atoms with Crippen LogP contribution in [0.5, 0.6) is 0 Å². The van der Waals surface area contributed by atoms with Crippen LogP contribution in [0.25, 0.3) is 10.8 Å². The van der Waals surface area contributed by atoms with Gasteiger partial charge in [-0.15, -0.1) is 22.7 Å². The van der Waals surface area contributed by atoms with Gasteiger partial charge in [0.05, 0.1) is 9.88 Å². The van der Waals surface area contributed by atoms with Crippen molar-refractivity contribution in [2.75, 3.05) is 5.32 Å². The Balaban J connectivity index is 1.64. The molecule has 0 aliphatic carbocycles. The number of hydrogen-bond donors (Lipinski definition) is 1. The zero-order valence-corrected chi connectivity index (χ0v) is 14.6. The van der Waals surface area contributed by atoms with Gasteiger partial charge in [0.25, 0.3) is 0 Å². The lowest BCUT2D eigenvalue weighted by Crippen LogP contribution is -2.05. The summed E-state index contributed by atoms with van der Waals surface area (Å²) in [4.78, 5) is 28.8. The van der Waals surface area contributed by atoms with Gasteiger partial charge in [-0.1, -0.05) is 6.07 Å². The molecule has 24 heavy (non-hydrogen) atoms. The van der Waals surface area contributed by atoms with Gasteiger partial charge in [0, 0.05) is 6.92 Å². The molecule has 1 amide bonds. The zero-order chi connectivity index (χ0) is 17.1. The van der Waals surface area contributed by atoms with Gasteiger partial charge < -0.3 is 14.5 Å². The van der Waals surface area contributed by atoms with Crippen LogP contribution in [-0.2, 0) is 16.1 Å². The second-order valence-corrected chi connectivity index (χ2v) is 6.95. The monoisotopic (exact) mass is 362 g/mol. The van der Waals surface area contributed by atoms with Crippen LogP contribution in [0.15, 0.2) is 34.1 Å². The average Bonchev–Trinajstić information content (AvgIpc) is 3.24. The van der Waals surface area contributed by atoms with Gasteiger partial charge in [0.1, 0.15) is 22.9 Å². The third kappa shape index (κ3) is 3.72. The first-order valence-corrected chi connectivity index (χ1v) is 8.77. The third-order valence-electron chi connectivity index (χ3n) is 3.07. The Hall–Kier alpha value is -2.45. The molecule has 0 spiro atoms. The molecule has 8 heteroatoms. The molecule has 0 aliphatic heterocycles. The van der Waals surface area contributed by atoms with Crippen molar-refractivity contribution in [1.29, 1.82) is 0 Å². The highest BCUT2D eigenvalue weighted by atomic mass is 32.1. The van der Waals surface area contributed by atoms with Crippen LogP contribution in [0.2, 0.25) is 0 Å². The van der Waals surface area contributed by atoms with Crippen molar-refractivity contribution < 1.29 is 18.7 Å². The lowest BCUT2D eigenvalue weighted by molar-refractivity contribution is -0.114. The van der Waals surface area contributed by atoms with E-state index in [2.05, 4.69) is 10.3 Å². The largest absolute Gasteiger partial charge is 0.455 e. The molecular formula is C16H14N2O4S2. The van der Waals surface area contributed by atoms with E-state index < -0.39 is 5.97 Å². The lowest BCUT2D eigenvalue weighted by atomic mass is 10.4. The molecule has 6 nitrogen and oxygen atoms in total. The van der Waals surface area contributed by atoms with E-state index in [9.17, 15) is 9.59 Å². The fourth-order valence-corrected chi connectivity index (χ4v) is 3.46. The van der Waals surface area contributed by atoms with E-state index >= 15 is 0 Å². The number of hydrogen-bond acceptors (Lipinski definition) is 7. The third-order valence-corrected chi connectivity index (χ3v) is 4.91. The van der Waals surface area contributed by atoms with E-state index in [1.165, 1.54) is 18.3 Å². The molecule has 0 bridgehead atoms. The van der Waals surface area contributed by atoms with E-state index in [0.29, 0.717) is 27.2 Å². The molecule has 3 aromatic heterocycles. The Labute approximate surface area is 146 Å². The normalized spacial score (nSPS) is 10.6. The number of oxazole rings is 1. The van der Waals surface area contributed by atoms with Crippen LogP contribution in [-0.4, -0.2) is 16.9 Å². The molecule has 0 aromatic carbocycles. The lowest BCUT2D eigenvalue weighted by Gasteiger charge is -2.00. The number of nitrogens with one attached hydrogen (secondary N) is 1. The molecule has 0 saturated heterocycles. The van der Waals surface area contributed by atoms with Gasteiger partial charge in [-0.2, -0.15) is 0 Å². The number of ether oxygens (including phenoxy) is 1. The Bertz CT molecular complexity index is 865. The van der Waals surface area contributed by atoms with Crippen LogP contribution in [0.1, 0.15) is 28.0 Å². The molecular weight excluding hydrogens is 348 g/mol. The Kier molecular flexibility index (Phi) is 4.77. The van der Waals surface area contributed by atoms with Gasteiger partial charge in [0.2, 0.25) is 11.8 Å². The number of aryl methyl sites for hydroxylation is 1. The summed E-state index contributed by atoms with van der Waals surface area (Å²) < 4.78 is 10.9. The predicted octanol–water partition coefficient (Wildman–Crippen LogP) is 4.09. The highest BCUT2D eigenvalue weighted by molar-refractivity contribution is 7.18. The smallest absolute Gasteiger partial charge is 0.348 e. The highest BCUT2D eigenvalue weighted by Gasteiger charge is 2.16. The predicted molar refractivity (Wildman–Crippen MR) is 92.3 cm³/mol. The molecule has 1 N–H and O–H groups in total. The second kappa shape index (κ2) is 6.98. The molecule has 0 fully saturated rings. The number of aromatic nitrogens is 1. The summed E-state index contributed by atoms with van der Waals surface area (Å²) in [5.41, 5.74) is 0.588. The van der Waals surface area contributed by atoms with Crippen LogP contribution in [0, 0.1) is 6.92 Å². The number of esters is 1. The minimum absolute atomic E-state index is 0.0346. The standard InChI is InChI=1S/C16H14N2O4S2/c1-9-11(18-15(22-9)12-4-3-7-23-12)8-21-16(20)13-5-6-14(24-13)17-10(2)19/h3-7H,8H2,1-2H3,(H,17,19). The van der Waals surface area contributed by atoms with Crippen molar-refractivity contribution in [2.45, 2.75) is 20.5 Å². The first-order chi connectivity index (χ1) is 11.5. The van der Waals surface area contributed by atoms with Gasteiger partial charge in [-0.3, -0.25) is 4.79 Å². The summed E-state index contributed by atoms with van der Waals surface area (Å²) in [6.45, 7) is 3.23. The Morgan fingerprint density at radius 1 is 1.33 bits per heavy atom. The number of carbonyl (C=O) groups excluding carboxylic acids is 2. The molecule has 0 unspecified atom stereocenters. The van der Waals surface area contributed by atoms with Crippen molar-refractivity contribution in [3.63, 3.8) is 0 Å². The number of anilines is 1. The van der Waals surface area contributed by atoms with Crippen molar-refractivity contribution in [3.8, 4) is 10.8 Å². The maximum Gasteiger partial charge on any atom is 0.348 e. The van der Waals surface area contributed by atoms with Crippen LogP contribution in [0.3, 0.4) is 0 Å². The molecule has 124 valence electrons. The maximum absolute atomic E-state index is 12.1. The summed E-state index contributed by atoms with van der Waals surface area (Å²) in [6.07, 6.45) is 0. The van der Waals surface area contributed by atoms with Crippen LogP contribution >= 0.6 is 22.7 Å². The zero-order valence-electron chi connectivity index (χ0n) is 13.0. The number of amides is 1. The fraction of sp³-hybridized carbons (Fsp3) is 0.188. The summed E-state index contributed by atoms with van der Waals surface area (Å²) >= 11 is 2.69. The van der Waals surface area contributed by atoms with Crippen molar-refractivity contribution >= 4 is 39.6 Å². The summed E-state index contributed by atoms with van der Waals surface area (Å²) in [5.74, 6) is 0.502. The van der Waals surface area contributed by atoms with Gasteiger partial charge >= 0.3 is 5.97 Å². The molecule has 0 aliphatic rings. The molecule has 0 radical (unpaired) electrons. The molecule has 3 aromatic rings. The summed E-state index contributed by atoms with van der Waals surface area (Å²) in [7, 11) is 0. The van der Waals surface area contributed by atoms with E-state index in [-0.39, 0.29) is 12.5 Å². The van der Waals surface area contributed by atoms with E-state index in [1.807, 2.05) is 17.5 Å². The minimum Gasteiger partial charge on any atom is -0.455 e. The van der Waals surface area contributed by atoms with Gasteiger partial charge in [-0.05, 0) is 30.5 Å². The fourth-order valence-electron chi connectivity index (χ4n) is 1.96. The summed E-state index contributed by atoms with van der Waals surface area (Å²) in [5, 5.41) is 5.17. The van der Waals surface area contributed by atoms with Crippen LogP contribution < -0.4 is 5.32 Å².